The molecule has 0 saturated carbocycles. The molecule has 146 valence electrons. The number of carbonyl (C=O) groups excluding carboxylic acids is 1. The second-order valence-electron chi connectivity index (χ2n) is 6.89. The SMILES string of the molecule is CCCCC(CC(=O)NOCc1ccccc1)Sc1ccc2ccccc2c1. The van der Waals surface area contributed by atoms with E-state index in [1.807, 2.05) is 30.3 Å². The summed E-state index contributed by atoms with van der Waals surface area (Å²) in [6.45, 7) is 2.56. The molecular formula is C24H27NO2S. The summed E-state index contributed by atoms with van der Waals surface area (Å²) in [6.07, 6.45) is 3.71. The van der Waals surface area contributed by atoms with E-state index in [9.17, 15) is 4.79 Å². The Hall–Kier alpha value is -2.30. The van der Waals surface area contributed by atoms with Crippen LogP contribution < -0.4 is 5.48 Å². The molecule has 0 aliphatic rings. The number of benzene rings is 3. The van der Waals surface area contributed by atoms with E-state index in [-0.39, 0.29) is 11.2 Å². The Morgan fingerprint density at radius 1 is 1.00 bits per heavy atom. The lowest BCUT2D eigenvalue weighted by Gasteiger charge is -2.16. The van der Waals surface area contributed by atoms with Crippen LogP contribution in [0.5, 0.6) is 0 Å². The summed E-state index contributed by atoms with van der Waals surface area (Å²) >= 11 is 1.79. The molecule has 3 aromatic rings. The first-order valence-corrected chi connectivity index (χ1v) is 10.7. The van der Waals surface area contributed by atoms with Crippen LogP contribution in [0.25, 0.3) is 10.8 Å². The molecule has 28 heavy (non-hydrogen) atoms. The monoisotopic (exact) mass is 393 g/mol. The van der Waals surface area contributed by atoms with Crippen molar-refractivity contribution in [1.82, 2.24) is 5.48 Å². The van der Waals surface area contributed by atoms with Crippen LogP contribution >= 0.6 is 11.8 Å². The van der Waals surface area contributed by atoms with Gasteiger partial charge in [-0.15, -0.1) is 11.8 Å². The zero-order chi connectivity index (χ0) is 19.6. The normalized spacial score (nSPS) is 12.0. The van der Waals surface area contributed by atoms with Gasteiger partial charge in [0.2, 0.25) is 5.91 Å². The number of hydroxylamine groups is 1. The van der Waals surface area contributed by atoms with Gasteiger partial charge in [0.05, 0.1) is 6.61 Å². The average Bonchev–Trinajstić information content (AvgIpc) is 2.72. The molecule has 0 saturated heterocycles. The number of nitrogens with one attached hydrogen (secondary N) is 1. The van der Waals surface area contributed by atoms with E-state index in [4.69, 9.17) is 4.84 Å². The van der Waals surface area contributed by atoms with Crippen molar-refractivity contribution in [2.24, 2.45) is 0 Å². The molecule has 1 N–H and O–H groups in total. The lowest BCUT2D eigenvalue weighted by atomic mass is 10.1. The Labute approximate surface area is 171 Å². The Morgan fingerprint density at radius 2 is 1.75 bits per heavy atom. The van der Waals surface area contributed by atoms with Crippen LogP contribution in [-0.4, -0.2) is 11.2 Å². The first kappa shape index (κ1) is 20.4. The molecule has 0 aliphatic heterocycles. The highest BCUT2D eigenvalue weighted by atomic mass is 32.2. The van der Waals surface area contributed by atoms with Crippen LogP contribution in [0.3, 0.4) is 0 Å². The third-order valence-corrected chi connectivity index (χ3v) is 5.85. The first-order chi connectivity index (χ1) is 13.7. The van der Waals surface area contributed by atoms with E-state index in [0.717, 1.165) is 24.8 Å². The highest BCUT2D eigenvalue weighted by Gasteiger charge is 2.15. The van der Waals surface area contributed by atoms with E-state index in [0.29, 0.717) is 13.0 Å². The zero-order valence-electron chi connectivity index (χ0n) is 16.3. The summed E-state index contributed by atoms with van der Waals surface area (Å²) in [7, 11) is 0. The van der Waals surface area contributed by atoms with Crippen LogP contribution in [0.4, 0.5) is 0 Å². The minimum atomic E-state index is -0.0645. The minimum Gasteiger partial charge on any atom is -0.273 e. The van der Waals surface area contributed by atoms with Gasteiger partial charge >= 0.3 is 0 Å². The van der Waals surface area contributed by atoms with Gasteiger partial charge in [0.1, 0.15) is 0 Å². The highest BCUT2D eigenvalue weighted by molar-refractivity contribution is 8.00. The van der Waals surface area contributed by atoms with Gasteiger partial charge in [-0.25, -0.2) is 5.48 Å². The fourth-order valence-corrected chi connectivity index (χ4v) is 4.34. The fraction of sp³-hybridized carbons (Fsp3) is 0.292. The molecule has 0 aromatic heterocycles. The molecule has 3 aromatic carbocycles. The zero-order valence-corrected chi connectivity index (χ0v) is 17.1. The van der Waals surface area contributed by atoms with E-state index in [2.05, 4.69) is 54.9 Å². The predicted octanol–water partition coefficient (Wildman–Crippen LogP) is 6.13. The Bertz CT molecular complexity index is 882. The van der Waals surface area contributed by atoms with Gasteiger partial charge in [-0.2, -0.15) is 0 Å². The number of thioether (sulfide) groups is 1. The van der Waals surface area contributed by atoms with Crippen molar-refractivity contribution in [3.63, 3.8) is 0 Å². The molecule has 0 radical (unpaired) electrons. The van der Waals surface area contributed by atoms with E-state index < -0.39 is 0 Å². The number of hydrogen-bond donors (Lipinski definition) is 1. The van der Waals surface area contributed by atoms with Crippen molar-refractivity contribution in [3.8, 4) is 0 Å². The van der Waals surface area contributed by atoms with Crippen molar-refractivity contribution in [2.75, 3.05) is 0 Å². The third-order valence-electron chi connectivity index (χ3n) is 4.58. The molecule has 3 nitrogen and oxygen atoms in total. The molecular weight excluding hydrogens is 366 g/mol. The predicted molar refractivity (Wildman–Crippen MR) is 117 cm³/mol. The van der Waals surface area contributed by atoms with Gasteiger partial charge in [0.15, 0.2) is 0 Å². The van der Waals surface area contributed by atoms with Crippen LogP contribution in [0.1, 0.15) is 38.2 Å². The maximum Gasteiger partial charge on any atom is 0.244 e. The number of hydrogen-bond acceptors (Lipinski definition) is 3. The minimum absolute atomic E-state index is 0.0645. The lowest BCUT2D eigenvalue weighted by Crippen LogP contribution is -2.26. The molecule has 3 rings (SSSR count). The third kappa shape index (κ3) is 6.39. The first-order valence-electron chi connectivity index (χ1n) is 9.84. The summed E-state index contributed by atoms with van der Waals surface area (Å²) in [4.78, 5) is 19.0. The second kappa shape index (κ2) is 10.9. The van der Waals surface area contributed by atoms with Crippen molar-refractivity contribution in [3.05, 3.63) is 78.4 Å². The molecule has 1 amide bonds. The molecule has 0 fully saturated rings. The summed E-state index contributed by atoms with van der Waals surface area (Å²) in [5.74, 6) is -0.0645. The molecule has 0 spiro atoms. The van der Waals surface area contributed by atoms with E-state index in [1.54, 1.807) is 11.8 Å². The second-order valence-corrected chi connectivity index (χ2v) is 8.27. The summed E-state index contributed by atoms with van der Waals surface area (Å²) < 4.78 is 0. The van der Waals surface area contributed by atoms with Crippen molar-refractivity contribution >= 4 is 28.4 Å². The van der Waals surface area contributed by atoms with Gasteiger partial charge in [-0.05, 0) is 34.9 Å². The van der Waals surface area contributed by atoms with E-state index >= 15 is 0 Å². The molecule has 4 heteroatoms. The summed E-state index contributed by atoms with van der Waals surface area (Å²) in [5.41, 5.74) is 3.64. The average molecular weight is 394 g/mol. The van der Waals surface area contributed by atoms with Crippen molar-refractivity contribution in [2.45, 2.75) is 49.4 Å². The van der Waals surface area contributed by atoms with Crippen LogP contribution in [-0.2, 0) is 16.2 Å². The molecule has 0 bridgehead atoms. The lowest BCUT2D eigenvalue weighted by molar-refractivity contribution is -0.134. The number of rotatable bonds is 10. The molecule has 1 unspecified atom stereocenters. The summed E-state index contributed by atoms with van der Waals surface area (Å²) in [5, 5.41) is 2.71. The largest absolute Gasteiger partial charge is 0.273 e. The molecule has 0 aliphatic carbocycles. The van der Waals surface area contributed by atoms with Crippen molar-refractivity contribution < 1.29 is 9.63 Å². The quantitative estimate of drug-likeness (QED) is 0.333. The van der Waals surface area contributed by atoms with Gasteiger partial charge in [-0.1, -0.05) is 80.4 Å². The van der Waals surface area contributed by atoms with Crippen LogP contribution in [0.2, 0.25) is 0 Å². The van der Waals surface area contributed by atoms with Crippen molar-refractivity contribution in [1.29, 1.82) is 0 Å². The van der Waals surface area contributed by atoms with Gasteiger partial charge in [0.25, 0.3) is 0 Å². The Morgan fingerprint density at radius 3 is 2.54 bits per heavy atom. The number of unbranched alkanes of at least 4 members (excludes halogenated alkanes) is 1. The van der Waals surface area contributed by atoms with E-state index in [1.165, 1.54) is 15.7 Å². The maximum atomic E-state index is 12.4. The Kier molecular flexibility index (Phi) is 7.94. The molecule has 1 atom stereocenters. The van der Waals surface area contributed by atoms with Crippen LogP contribution in [0, 0.1) is 0 Å². The highest BCUT2D eigenvalue weighted by Crippen LogP contribution is 2.31. The van der Waals surface area contributed by atoms with Gasteiger partial charge in [-0.3, -0.25) is 9.63 Å². The standard InChI is InChI=1S/C24H27NO2S/c1-2-3-13-22(17-24(26)25-27-18-19-9-5-4-6-10-19)28-23-15-14-20-11-7-8-12-21(20)16-23/h4-12,14-16,22H,2-3,13,17-18H2,1H3,(H,25,26). The number of amides is 1. The number of carbonyl (C=O) groups is 1. The van der Waals surface area contributed by atoms with Gasteiger partial charge < -0.3 is 0 Å². The Balaban J connectivity index is 1.55. The smallest absolute Gasteiger partial charge is 0.244 e. The molecule has 0 heterocycles. The maximum absolute atomic E-state index is 12.4. The topological polar surface area (TPSA) is 38.3 Å². The van der Waals surface area contributed by atoms with Gasteiger partial charge in [0, 0.05) is 16.6 Å². The fourth-order valence-electron chi connectivity index (χ4n) is 3.09. The summed E-state index contributed by atoms with van der Waals surface area (Å²) in [6, 6.07) is 24.7. The van der Waals surface area contributed by atoms with Crippen LogP contribution in [0.15, 0.2) is 77.7 Å². The number of fused-ring (bicyclic) bond motifs is 1.